The van der Waals surface area contributed by atoms with E-state index in [1.165, 1.54) is 23.2 Å². The Kier molecular flexibility index (Phi) is 5.12. The quantitative estimate of drug-likeness (QED) is 0.658. The number of thiophene rings is 1. The molecule has 1 unspecified atom stereocenters. The minimum atomic E-state index is -1.12. The molecular weight excluding hydrogens is 386 g/mol. The first-order valence-corrected chi connectivity index (χ1v) is 10.7. The average Bonchev–Trinajstić information content (AvgIpc) is 3.03. The first-order valence-electron chi connectivity index (χ1n) is 9.87. The number of aliphatic carboxylic acids is 1. The molecule has 6 nitrogen and oxygen atoms in total. The predicted octanol–water partition coefficient (Wildman–Crippen LogP) is 4.88. The minimum Gasteiger partial charge on any atom is -0.479 e. The van der Waals surface area contributed by atoms with Crippen LogP contribution in [0, 0.1) is 6.92 Å². The van der Waals surface area contributed by atoms with Gasteiger partial charge >= 0.3 is 5.97 Å². The van der Waals surface area contributed by atoms with Gasteiger partial charge in [0.1, 0.15) is 11.2 Å². The van der Waals surface area contributed by atoms with Gasteiger partial charge in [-0.3, -0.25) is 0 Å². The molecular formula is C22H25N3O3S. The molecule has 1 aliphatic carbocycles. The van der Waals surface area contributed by atoms with Crippen LogP contribution in [0.1, 0.15) is 61.4 Å². The van der Waals surface area contributed by atoms with Gasteiger partial charge in [-0.2, -0.15) is 0 Å². The van der Waals surface area contributed by atoms with Crippen molar-refractivity contribution in [2.45, 2.75) is 65.1 Å². The predicted molar refractivity (Wildman–Crippen MR) is 113 cm³/mol. The van der Waals surface area contributed by atoms with Crippen LogP contribution in [0.15, 0.2) is 18.7 Å². The van der Waals surface area contributed by atoms with E-state index in [0.29, 0.717) is 11.3 Å². The van der Waals surface area contributed by atoms with E-state index in [4.69, 9.17) is 9.72 Å². The van der Waals surface area contributed by atoms with Gasteiger partial charge in [-0.05, 0) is 58.9 Å². The summed E-state index contributed by atoms with van der Waals surface area (Å²) >= 11 is 1.72. The fraction of sp³-hybridized carbons (Fsp3) is 0.455. The van der Waals surface area contributed by atoms with Crippen molar-refractivity contribution in [1.82, 2.24) is 15.0 Å². The summed E-state index contributed by atoms with van der Waals surface area (Å²) in [6.45, 7) is 7.45. The zero-order valence-corrected chi connectivity index (χ0v) is 18.0. The van der Waals surface area contributed by atoms with E-state index in [2.05, 4.69) is 9.97 Å². The van der Waals surface area contributed by atoms with Gasteiger partial charge in [0.2, 0.25) is 0 Å². The summed E-state index contributed by atoms with van der Waals surface area (Å²) in [5.41, 5.74) is 3.59. The average molecular weight is 412 g/mol. The SMILES string of the molecule is Cc1nc2sc3c(c2c(-c2cncnc2)c1C(OC(C)(C)C)C(=O)O)CCCC3. The third-order valence-electron chi connectivity index (χ3n) is 5.14. The summed E-state index contributed by atoms with van der Waals surface area (Å²) in [5.74, 6) is -1.02. The van der Waals surface area contributed by atoms with Crippen LogP contribution in [0.25, 0.3) is 21.3 Å². The molecule has 0 saturated heterocycles. The van der Waals surface area contributed by atoms with Crippen LogP contribution in [0.4, 0.5) is 0 Å². The van der Waals surface area contributed by atoms with Crippen molar-refractivity contribution in [1.29, 1.82) is 0 Å². The maximum atomic E-state index is 12.3. The van der Waals surface area contributed by atoms with Crippen LogP contribution >= 0.6 is 11.3 Å². The molecule has 1 atom stereocenters. The third-order valence-corrected chi connectivity index (χ3v) is 6.32. The number of aryl methyl sites for hydroxylation is 3. The topological polar surface area (TPSA) is 85.2 Å². The number of aromatic nitrogens is 3. The summed E-state index contributed by atoms with van der Waals surface area (Å²) in [5, 5.41) is 11.1. The molecule has 3 aromatic rings. The van der Waals surface area contributed by atoms with Crippen LogP contribution < -0.4 is 0 Å². The van der Waals surface area contributed by atoms with Crippen molar-refractivity contribution in [3.8, 4) is 11.1 Å². The van der Waals surface area contributed by atoms with E-state index in [1.807, 2.05) is 27.7 Å². The number of ether oxygens (including phenoxy) is 1. The summed E-state index contributed by atoms with van der Waals surface area (Å²) in [6.07, 6.45) is 8.20. The second-order valence-corrected chi connectivity index (χ2v) is 9.54. The number of fused-ring (bicyclic) bond motifs is 3. The van der Waals surface area contributed by atoms with Crippen molar-refractivity contribution in [3.63, 3.8) is 0 Å². The number of rotatable bonds is 4. The number of carboxylic acids is 1. The molecule has 0 fully saturated rings. The number of hydrogen-bond acceptors (Lipinski definition) is 6. The Bertz CT molecular complexity index is 1070. The zero-order chi connectivity index (χ0) is 20.8. The van der Waals surface area contributed by atoms with Crippen molar-refractivity contribution in [2.24, 2.45) is 0 Å². The molecule has 7 heteroatoms. The van der Waals surface area contributed by atoms with E-state index in [-0.39, 0.29) is 0 Å². The van der Waals surface area contributed by atoms with Gasteiger partial charge in [0.05, 0.1) is 5.60 Å². The molecule has 0 saturated carbocycles. The van der Waals surface area contributed by atoms with E-state index < -0.39 is 17.7 Å². The van der Waals surface area contributed by atoms with Crippen molar-refractivity contribution in [3.05, 3.63) is 40.4 Å². The Hall–Kier alpha value is -2.38. The molecule has 0 aliphatic heterocycles. The molecule has 3 heterocycles. The Balaban J connectivity index is 2.08. The van der Waals surface area contributed by atoms with Gasteiger partial charge in [0.15, 0.2) is 6.10 Å². The molecule has 0 radical (unpaired) electrons. The van der Waals surface area contributed by atoms with Crippen LogP contribution in [-0.4, -0.2) is 31.6 Å². The molecule has 1 N–H and O–H groups in total. The normalized spacial score (nSPS) is 15.3. The van der Waals surface area contributed by atoms with Gasteiger partial charge < -0.3 is 9.84 Å². The monoisotopic (exact) mass is 411 g/mol. The fourth-order valence-corrected chi connectivity index (χ4v) is 5.37. The lowest BCUT2D eigenvalue weighted by Gasteiger charge is -2.28. The van der Waals surface area contributed by atoms with Gasteiger partial charge in [-0.1, -0.05) is 0 Å². The fourth-order valence-electron chi connectivity index (χ4n) is 4.05. The first-order chi connectivity index (χ1) is 13.8. The van der Waals surface area contributed by atoms with E-state index >= 15 is 0 Å². The van der Waals surface area contributed by atoms with Gasteiger partial charge in [0, 0.05) is 45.0 Å². The summed E-state index contributed by atoms with van der Waals surface area (Å²) in [7, 11) is 0. The first kappa shape index (κ1) is 19.9. The molecule has 1 aliphatic rings. The zero-order valence-electron chi connectivity index (χ0n) is 17.2. The molecule has 0 aromatic carbocycles. The summed E-state index contributed by atoms with van der Waals surface area (Å²) < 4.78 is 6.02. The second-order valence-electron chi connectivity index (χ2n) is 8.45. The Labute approximate surface area is 174 Å². The van der Waals surface area contributed by atoms with Crippen LogP contribution in [0.3, 0.4) is 0 Å². The van der Waals surface area contributed by atoms with Crippen LogP contribution in [-0.2, 0) is 22.4 Å². The Morgan fingerprint density at radius 1 is 1.21 bits per heavy atom. The largest absolute Gasteiger partial charge is 0.479 e. The third kappa shape index (κ3) is 3.76. The van der Waals surface area contributed by atoms with E-state index in [0.717, 1.165) is 40.6 Å². The highest BCUT2D eigenvalue weighted by Crippen LogP contribution is 2.45. The van der Waals surface area contributed by atoms with Gasteiger partial charge in [-0.25, -0.2) is 19.7 Å². The highest BCUT2D eigenvalue weighted by atomic mass is 32.1. The molecule has 152 valence electrons. The van der Waals surface area contributed by atoms with Crippen LogP contribution in [0.2, 0.25) is 0 Å². The molecule has 3 aromatic heterocycles. The number of hydrogen-bond donors (Lipinski definition) is 1. The van der Waals surface area contributed by atoms with E-state index in [1.54, 1.807) is 23.7 Å². The molecule has 4 rings (SSSR count). The number of pyridine rings is 1. The van der Waals surface area contributed by atoms with Crippen LogP contribution in [0.5, 0.6) is 0 Å². The van der Waals surface area contributed by atoms with Crippen molar-refractivity contribution < 1.29 is 14.6 Å². The maximum Gasteiger partial charge on any atom is 0.337 e. The Morgan fingerprint density at radius 3 is 2.55 bits per heavy atom. The second kappa shape index (κ2) is 7.46. The molecule has 29 heavy (non-hydrogen) atoms. The molecule has 0 spiro atoms. The van der Waals surface area contributed by atoms with Crippen molar-refractivity contribution >= 4 is 27.5 Å². The smallest absolute Gasteiger partial charge is 0.337 e. The molecule has 0 amide bonds. The van der Waals surface area contributed by atoms with Gasteiger partial charge in [0.25, 0.3) is 0 Å². The van der Waals surface area contributed by atoms with E-state index in [9.17, 15) is 9.90 Å². The number of carbonyl (C=O) groups is 1. The molecule has 0 bridgehead atoms. The lowest BCUT2D eigenvalue weighted by molar-refractivity contribution is -0.160. The van der Waals surface area contributed by atoms with Gasteiger partial charge in [-0.15, -0.1) is 11.3 Å². The lowest BCUT2D eigenvalue weighted by Crippen LogP contribution is -2.28. The lowest BCUT2D eigenvalue weighted by atomic mass is 9.89. The highest BCUT2D eigenvalue weighted by molar-refractivity contribution is 7.19. The Morgan fingerprint density at radius 2 is 1.90 bits per heavy atom. The standard InChI is InChI=1S/C22H25N3O3S/c1-12-16(19(21(26)27)28-22(2,3)4)17(13-9-23-11-24-10-13)18-14-7-5-6-8-15(14)29-20(18)25-12/h9-11,19H,5-8H2,1-4H3,(H,26,27). The number of nitrogens with zero attached hydrogens (tertiary/aromatic N) is 3. The number of carboxylic acid groups (broad SMARTS) is 1. The summed E-state index contributed by atoms with van der Waals surface area (Å²) in [6, 6.07) is 0. The van der Waals surface area contributed by atoms with Crippen molar-refractivity contribution in [2.75, 3.05) is 0 Å². The summed E-state index contributed by atoms with van der Waals surface area (Å²) in [4.78, 5) is 27.8. The maximum absolute atomic E-state index is 12.3. The minimum absolute atomic E-state index is 0.598. The highest BCUT2D eigenvalue weighted by Gasteiger charge is 2.34.